The van der Waals surface area contributed by atoms with Gasteiger partial charge in [0.05, 0.1) is 16.3 Å². The van der Waals surface area contributed by atoms with Crippen molar-refractivity contribution in [1.29, 1.82) is 0 Å². The summed E-state index contributed by atoms with van der Waals surface area (Å²) < 4.78 is 5.92. The monoisotopic (exact) mass is 328 g/mol. The zero-order valence-electron chi connectivity index (χ0n) is 10.7. The quantitative estimate of drug-likeness (QED) is 0.839. The van der Waals surface area contributed by atoms with Crippen LogP contribution in [0.2, 0.25) is 0 Å². The van der Waals surface area contributed by atoms with E-state index in [0.29, 0.717) is 12.2 Å². The zero-order valence-corrected chi connectivity index (χ0v) is 13.1. The summed E-state index contributed by atoms with van der Waals surface area (Å²) in [5.74, 6) is 2.24. The fourth-order valence-electron chi connectivity index (χ4n) is 2.19. The standard InChI is InChI=1S/C14H17BrO2S/c1-14(6-3-7-18-14)13(16)9-10-4-5-12(17-2)11(15)8-10/h4-5,8H,3,6-7,9H2,1-2H3. The maximum atomic E-state index is 12.3. The zero-order chi connectivity index (χ0) is 13.2. The first-order valence-corrected chi connectivity index (χ1v) is 7.83. The summed E-state index contributed by atoms with van der Waals surface area (Å²) >= 11 is 5.25. The Labute approximate surface area is 121 Å². The van der Waals surface area contributed by atoms with Crippen molar-refractivity contribution < 1.29 is 9.53 Å². The van der Waals surface area contributed by atoms with Crippen LogP contribution in [0.15, 0.2) is 22.7 Å². The Morgan fingerprint density at radius 2 is 2.33 bits per heavy atom. The summed E-state index contributed by atoms with van der Waals surface area (Å²) in [4.78, 5) is 12.3. The average Bonchev–Trinajstić information content (AvgIpc) is 2.78. The molecule has 1 heterocycles. The second kappa shape index (κ2) is 5.66. The highest BCUT2D eigenvalue weighted by Crippen LogP contribution is 2.39. The molecule has 0 radical (unpaired) electrons. The number of ether oxygens (including phenoxy) is 1. The predicted molar refractivity (Wildman–Crippen MR) is 79.5 cm³/mol. The number of carbonyl (C=O) groups is 1. The molecule has 4 heteroatoms. The van der Waals surface area contributed by atoms with Crippen LogP contribution in [-0.2, 0) is 11.2 Å². The van der Waals surface area contributed by atoms with Crippen LogP contribution in [0.1, 0.15) is 25.3 Å². The molecule has 0 aliphatic carbocycles. The molecule has 0 saturated carbocycles. The van der Waals surface area contributed by atoms with Gasteiger partial charge in [0.15, 0.2) is 5.78 Å². The number of rotatable bonds is 4. The van der Waals surface area contributed by atoms with E-state index in [1.807, 2.05) is 18.2 Å². The maximum absolute atomic E-state index is 12.3. The van der Waals surface area contributed by atoms with Gasteiger partial charge in [0.1, 0.15) is 5.75 Å². The van der Waals surface area contributed by atoms with Gasteiger partial charge in [-0.15, -0.1) is 11.8 Å². The number of benzene rings is 1. The number of halogens is 1. The smallest absolute Gasteiger partial charge is 0.152 e. The van der Waals surface area contributed by atoms with Gasteiger partial charge in [0, 0.05) is 6.42 Å². The largest absolute Gasteiger partial charge is 0.496 e. The van der Waals surface area contributed by atoms with E-state index in [-0.39, 0.29) is 4.75 Å². The molecule has 1 aromatic rings. The molecule has 1 fully saturated rings. The van der Waals surface area contributed by atoms with Gasteiger partial charge >= 0.3 is 0 Å². The molecule has 1 unspecified atom stereocenters. The minimum atomic E-state index is -0.174. The number of hydrogen-bond donors (Lipinski definition) is 0. The lowest BCUT2D eigenvalue weighted by atomic mass is 9.95. The van der Waals surface area contributed by atoms with Gasteiger partial charge in [0.25, 0.3) is 0 Å². The number of thioether (sulfide) groups is 1. The molecule has 1 aliphatic heterocycles. The Balaban J connectivity index is 2.09. The van der Waals surface area contributed by atoms with Crippen LogP contribution < -0.4 is 4.74 Å². The van der Waals surface area contributed by atoms with Crippen molar-refractivity contribution in [2.75, 3.05) is 12.9 Å². The maximum Gasteiger partial charge on any atom is 0.152 e. The Morgan fingerprint density at radius 1 is 1.56 bits per heavy atom. The second-order valence-electron chi connectivity index (χ2n) is 4.75. The number of carbonyl (C=O) groups excluding carboxylic acids is 1. The van der Waals surface area contributed by atoms with Crippen molar-refractivity contribution in [2.45, 2.75) is 30.9 Å². The molecule has 2 nitrogen and oxygen atoms in total. The van der Waals surface area contributed by atoms with Crippen molar-refractivity contribution >= 4 is 33.5 Å². The van der Waals surface area contributed by atoms with Crippen LogP contribution in [0.5, 0.6) is 5.75 Å². The minimum Gasteiger partial charge on any atom is -0.496 e. The lowest BCUT2D eigenvalue weighted by Gasteiger charge is -2.20. The first kappa shape index (κ1) is 13.9. The second-order valence-corrected chi connectivity index (χ2v) is 7.20. The van der Waals surface area contributed by atoms with Crippen LogP contribution in [0.4, 0.5) is 0 Å². The van der Waals surface area contributed by atoms with E-state index in [2.05, 4.69) is 22.9 Å². The van der Waals surface area contributed by atoms with Gasteiger partial charge in [-0.2, -0.15) is 0 Å². The van der Waals surface area contributed by atoms with Crippen LogP contribution >= 0.6 is 27.7 Å². The van der Waals surface area contributed by atoms with Gasteiger partial charge < -0.3 is 4.74 Å². The van der Waals surface area contributed by atoms with Gasteiger partial charge in [0.2, 0.25) is 0 Å². The number of methoxy groups -OCH3 is 1. The fourth-order valence-corrected chi connectivity index (χ4v) is 4.04. The van der Waals surface area contributed by atoms with Gasteiger partial charge in [-0.25, -0.2) is 0 Å². The number of hydrogen-bond acceptors (Lipinski definition) is 3. The van der Waals surface area contributed by atoms with Crippen LogP contribution in [0.25, 0.3) is 0 Å². The molecule has 1 saturated heterocycles. The Hall–Kier alpha value is -0.480. The van der Waals surface area contributed by atoms with E-state index in [9.17, 15) is 4.79 Å². The molecule has 2 rings (SSSR count). The molecular formula is C14H17BrO2S. The number of ketones is 1. The molecule has 0 aromatic heterocycles. The molecule has 0 N–H and O–H groups in total. The molecule has 1 aliphatic rings. The molecule has 0 spiro atoms. The van der Waals surface area contributed by atoms with Crippen LogP contribution in [0, 0.1) is 0 Å². The molecule has 0 amide bonds. The third-order valence-electron chi connectivity index (χ3n) is 3.39. The van der Waals surface area contributed by atoms with Crippen molar-refractivity contribution in [2.24, 2.45) is 0 Å². The van der Waals surface area contributed by atoms with Crippen molar-refractivity contribution in [3.63, 3.8) is 0 Å². The highest BCUT2D eigenvalue weighted by molar-refractivity contribution is 9.10. The van der Waals surface area contributed by atoms with Crippen molar-refractivity contribution in [3.05, 3.63) is 28.2 Å². The Bertz CT molecular complexity index is 453. The minimum absolute atomic E-state index is 0.174. The molecule has 18 heavy (non-hydrogen) atoms. The van der Waals surface area contributed by atoms with Crippen molar-refractivity contribution in [3.8, 4) is 5.75 Å². The predicted octanol–water partition coefficient (Wildman–Crippen LogP) is 3.86. The van der Waals surface area contributed by atoms with E-state index < -0.39 is 0 Å². The third-order valence-corrected chi connectivity index (χ3v) is 5.57. The van der Waals surface area contributed by atoms with Crippen molar-refractivity contribution in [1.82, 2.24) is 0 Å². The lowest BCUT2D eigenvalue weighted by molar-refractivity contribution is -0.120. The average molecular weight is 329 g/mol. The lowest BCUT2D eigenvalue weighted by Crippen LogP contribution is -2.30. The van der Waals surface area contributed by atoms with Gasteiger partial charge in [-0.05, 0) is 59.1 Å². The Kier molecular flexibility index (Phi) is 4.38. The third kappa shape index (κ3) is 2.91. The summed E-state index contributed by atoms with van der Waals surface area (Å²) in [5.41, 5.74) is 1.04. The summed E-state index contributed by atoms with van der Waals surface area (Å²) in [6, 6.07) is 5.83. The first-order chi connectivity index (χ1) is 8.55. The molecule has 1 aromatic carbocycles. The number of Topliss-reactive ketones (excluding diaryl/α,β-unsaturated/α-hetero) is 1. The topological polar surface area (TPSA) is 26.3 Å². The highest BCUT2D eigenvalue weighted by atomic mass is 79.9. The van der Waals surface area contributed by atoms with E-state index in [1.54, 1.807) is 18.9 Å². The van der Waals surface area contributed by atoms with Crippen LogP contribution in [-0.4, -0.2) is 23.4 Å². The first-order valence-electron chi connectivity index (χ1n) is 6.05. The molecule has 98 valence electrons. The van der Waals surface area contributed by atoms with E-state index >= 15 is 0 Å². The van der Waals surface area contributed by atoms with Gasteiger partial charge in [-0.1, -0.05) is 6.07 Å². The highest BCUT2D eigenvalue weighted by Gasteiger charge is 2.36. The summed E-state index contributed by atoms with van der Waals surface area (Å²) in [7, 11) is 1.64. The normalized spacial score (nSPS) is 23.1. The Morgan fingerprint density at radius 3 is 2.89 bits per heavy atom. The van der Waals surface area contributed by atoms with Crippen LogP contribution in [0.3, 0.4) is 0 Å². The summed E-state index contributed by atoms with van der Waals surface area (Å²) in [6.45, 7) is 2.07. The van der Waals surface area contributed by atoms with E-state index in [4.69, 9.17) is 4.74 Å². The fraction of sp³-hybridized carbons (Fsp3) is 0.500. The molecule has 1 atom stereocenters. The van der Waals surface area contributed by atoms with E-state index in [1.165, 1.54) is 0 Å². The molecule has 0 bridgehead atoms. The summed E-state index contributed by atoms with van der Waals surface area (Å²) in [5, 5.41) is 0. The SMILES string of the molecule is COc1ccc(CC(=O)C2(C)CCCS2)cc1Br. The molecular weight excluding hydrogens is 312 g/mol. The van der Waals surface area contributed by atoms with Gasteiger partial charge in [-0.3, -0.25) is 4.79 Å². The van der Waals surface area contributed by atoms with E-state index in [0.717, 1.165) is 34.4 Å². The summed E-state index contributed by atoms with van der Waals surface area (Å²) in [6.07, 6.45) is 2.67.